The number of nitrogens with two attached hydrogens (primary N) is 1. The number of hydrogen-bond donors (Lipinski definition) is 2. The number of aromatic nitrogens is 2. The summed E-state index contributed by atoms with van der Waals surface area (Å²) in [6.45, 7) is 1.94. The lowest BCUT2D eigenvalue weighted by molar-refractivity contribution is -0.121. The van der Waals surface area contributed by atoms with E-state index in [9.17, 15) is 4.79 Å². The average molecular weight is 295 g/mol. The van der Waals surface area contributed by atoms with Crippen LogP contribution in [0.4, 0.5) is 5.69 Å². The average Bonchev–Trinajstić information content (AvgIpc) is 2.79. The Morgan fingerprint density at radius 2 is 2.05 bits per heavy atom. The van der Waals surface area contributed by atoms with Crippen LogP contribution >= 0.6 is 12.4 Å². The van der Waals surface area contributed by atoms with Gasteiger partial charge in [-0.05, 0) is 24.6 Å². The maximum Gasteiger partial charge on any atom is 0.224 e. The number of nitrogens with one attached hydrogen (secondary N) is 1. The minimum absolute atomic E-state index is 0. The van der Waals surface area contributed by atoms with E-state index in [1.807, 2.05) is 32.3 Å². The highest BCUT2D eigenvalue weighted by atomic mass is 35.5. The fraction of sp³-hybridized carbons (Fsp3) is 0.286. The van der Waals surface area contributed by atoms with Crippen LogP contribution < -0.4 is 11.1 Å². The van der Waals surface area contributed by atoms with E-state index in [-0.39, 0.29) is 24.4 Å². The number of rotatable bonds is 4. The Morgan fingerprint density at radius 1 is 1.40 bits per heavy atom. The van der Waals surface area contributed by atoms with Gasteiger partial charge in [0.15, 0.2) is 0 Å². The van der Waals surface area contributed by atoms with Gasteiger partial charge in [0, 0.05) is 24.5 Å². The highest BCUT2D eigenvalue weighted by Crippen LogP contribution is 2.11. The largest absolute Gasteiger partial charge is 0.399 e. The number of amides is 1. The first kappa shape index (κ1) is 16.0. The zero-order chi connectivity index (χ0) is 13.8. The van der Waals surface area contributed by atoms with Crippen LogP contribution in [-0.2, 0) is 18.3 Å². The molecule has 2 aromatic rings. The smallest absolute Gasteiger partial charge is 0.224 e. The lowest BCUT2D eigenvalue weighted by Gasteiger charge is -2.12. The number of benzene rings is 1. The van der Waals surface area contributed by atoms with Crippen molar-refractivity contribution in [3.05, 3.63) is 47.8 Å². The Hall–Kier alpha value is -2.01. The van der Waals surface area contributed by atoms with Gasteiger partial charge in [0.2, 0.25) is 5.91 Å². The number of aryl methyl sites for hydroxylation is 1. The molecule has 3 N–H and O–H groups in total. The molecule has 1 heterocycles. The molecule has 1 atom stereocenters. The Kier molecular flexibility index (Phi) is 5.58. The topological polar surface area (TPSA) is 72.9 Å². The van der Waals surface area contributed by atoms with Crippen molar-refractivity contribution < 1.29 is 4.79 Å². The van der Waals surface area contributed by atoms with Crippen LogP contribution in [0.15, 0.2) is 36.7 Å². The van der Waals surface area contributed by atoms with Crippen molar-refractivity contribution in [3.8, 4) is 0 Å². The number of hydrogen-bond acceptors (Lipinski definition) is 3. The van der Waals surface area contributed by atoms with Gasteiger partial charge in [-0.1, -0.05) is 12.1 Å². The van der Waals surface area contributed by atoms with Gasteiger partial charge in [-0.2, -0.15) is 5.10 Å². The zero-order valence-corrected chi connectivity index (χ0v) is 12.4. The fourth-order valence-corrected chi connectivity index (χ4v) is 1.86. The fourth-order valence-electron chi connectivity index (χ4n) is 1.86. The molecule has 20 heavy (non-hydrogen) atoms. The summed E-state index contributed by atoms with van der Waals surface area (Å²) in [6, 6.07) is 7.28. The third-order valence-corrected chi connectivity index (χ3v) is 2.95. The van der Waals surface area contributed by atoms with E-state index in [2.05, 4.69) is 10.4 Å². The Bertz CT molecular complexity index is 565. The van der Waals surface area contributed by atoms with Gasteiger partial charge in [0.25, 0.3) is 0 Å². The van der Waals surface area contributed by atoms with E-state index in [1.54, 1.807) is 23.0 Å². The van der Waals surface area contributed by atoms with Crippen molar-refractivity contribution in [2.75, 3.05) is 5.73 Å². The summed E-state index contributed by atoms with van der Waals surface area (Å²) in [5.74, 6) is -0.0128. The predicted molar refractivity (Wildman–Crippen MR) is 81.6 cm³/mol. The van der Waals surface area contributed by atoms with Gasteiger partial charge in [-0.15, -0.1) is 12.4 Å². The maximum atomic E-state index is 11.9. The van der Waals surface area contributed by atoms with Gasteiger partial charge in [0.1, 0.15) is 0 Å². The molecular formula is C14H19ClN4O. The molecule has 5 nitrogen and oxygen atoms in total. The molecule has 0 aliphatic rings. The molecule has 1 aromatic heterocycles. The third-order valence-electron chi connectivity index (χ3n) is 2.95. The molecule has 1 unspecified atom stereocenters. The number of carbonyl (C=O) groups is 1. The molecular weight excluding hydrogens is 276 g/mol. The number of nitrogens with zero attached hydrogens (tertiary/aromatic N) is 2. The van der Waals surface area contributed by atoms with E-state index in [4.69, 9.17) is 5.73 Å². The van der Waals surface area contributed by atoms with Crippen LogP contribution in [0.2, 0.25) is 0 Å². The predicted octanol–water partition coefficient (Wildman–Crippen LogP) is 1.84. The zero-order valence-electron chi connectivity index (χ0n) is 11.5. The van der Waals surface area contributed by atoms with Crippen LogP contribution in [0.3, 0.4) is 0 Å². The molecule has 2 rings (SSSR count). The van der Waals surface area contributed by atoms with Crippen LogP contribution in [0.25, 0.3) is 0 Å². The number of carbonyl (C=O) groups excluding carboxylic acids is 1. The second-order valence-corrected chi connectivity index (χ2v) is 4.65. The highest BCUT2D eigenvalue weighted by molar-refractivity contribution is 5.85. The van der Waals surface area contributed by atoms with Gasteiger partial charge in [0.05, 0.1) is 18.7 Å². The maximum absolute atomic E-state index is 11.9. The third kappa shape index (κ3) is 4.28. The van der Waals surface area contributed by atoms with Crippen molar-refractivity contribution in [2.24, 2.45) is 7.05 Å². The standard InChI is InChI=1S/C14H18N4O.ClH/c1-10(12-8-16-18(2)9-12)17-14(19)7-11-3-5-13(15)6-4-11;/h3-6,8-10H,7,15H2,1-2H3,(H,17,19);1H. The molecule has 0 aliphatic heterocycles. The molecule has 1 aromatic carbocycles. The summed E-state index contributed by atoms with van der Waals surface area (Å²) in [5, 5.41) is 7.04. The molecule has 0 saturated carbocycles. The summed E-state index contributed by atoms with van der Waals surface area (Å²) < 4.78 is 1.72. The van der Waals surface area contributed by atoms with Gasteiger partial charge < -0.3 is 11.1 Å². The summed E-state index contributed by atoms with van der Waals surface area (Å²) >= 11 is 0. The normalized spacial score (nSPS) is 11.5. The summed E-state index contributed by atoms with van der Waals surface area (Å²) in [4.78, 5) is 11.9. The van der Waals surface area contributed by atoms with Crippen LogP contribution in [0.1, 0.15) is 24.1 Å². The molecule has 108 valence electrons. The van der Waals surface area contributed by atoms with Crippen molar-refractivity contribution in [1.29, 1.82) is 0 Å². The first-order valence-electron chi connectivity index (χ1n) is 6.17. The van der Waals surface area contributed by atoms with Gasteiger partial charge in [-0.25, -0.2) is 0 Å². The van der Waals surface area contributed by atoms with E-state index in [0.29, 0.717) is 12.1 Å². The first-order valence-corrected chi connectivity index (χ1v) is 6.17. The van der Waals surface area contributed by atoms with Crippen molar-refractivity contribution >= 4 is 24.0 Å². The van der Waals surface area contributed by atoms with Crippen LogP contribution in [-0.4, -0.2) is 15.7 Å². The van der Waals surface area contributed by atoms with Gasteiger partial charge >= 0.3 is 0 Å². The van der Waals surface area contributed by atoms with E-state index >= 15 is 0 Å². The summed E-state index contributed by atoms with van der Waals surface area (Å²) in [6.07, 6.45) is 4.01. The highest BCUT2D eigenvalue weighted by Gasteiger charge is 2.11. The molecule has 1 amide bonds. The van der Waals surface area contributed by atoms with Crippen LogP contribution in [0, 0.1) is 0 Å². The Balaban J connectivity index is 0.00000200. The van der Waals surface area contributed by atoms with Crippen molar-refractivity contribution in [3.63, 3.8) is 0 Å². The molecule has 0 fully saturated rings. The Morgan fingerprint density at radius 3 is 2.60 bits per heavy atom. The number of anilines is 1. The van der Waals surface area contributed by atoms with Gasteiger partial charge in [-0.3, -0.25) is 9.48 Å². The molecule has 0 spiro atoms. The SMILES string of the molecule is CC(NC(=O)Cc1ccc(N)cc1)c1cnn(C)c1.Cl. The van der Waals surface area contributed by atoms with Crippen molar-refractivity contribution in [1.82, 2.24) is 15.1 Å². The van der Waals surface area contributed by atoms with Crippen LogP contribution in [0.5, 0.6) is 0 Å². The van der Waals surface area contributed by atoms with Crippen molar-refractivity contribution in [2.45, 2.75) is 19.4 Å². The molecule has 0 bridgehead atoms. The summed E-state index contributed by atoms with van der Waals surface area (Å²) in [7, 11) is 1.85. The number of nitrogen functional groups attached to an aromatic ring is 1. The van der Waals surface area contributed by atoms with E-state index < -0.39 is 0 Å². The minimum atomic E-state index is -0.0463. The summed E-state index contributed by atoms with van der Waals surface area (Å²) in [5.41, 5.74) is 8.25. The Labute approximate surface area is 124 Å². The molecule has 0 radical (unpaired) electrons. The molecule has 6 heteroatoms. The minimum Gasteiger partial charge on any atom is -0.399 e. The van der Waals surface area contributed by atoms with E-state index in [1.165, 1.54) is 0 Å². The quantitative estimate of drug-likeness (QED) is 0.845. The first-order chi connectivity index (χ1) is 9.04. The second kappa shape index (κ2) is 6.96. The molecule has 0 aliphatic carbocycles. The lowest BCUT2D eigenvalue weighted by atomic mass is 10.1. The lowest BCUT2D eigenvalue weighted by Crippen LogP contribution is -2.27. The number of halogens is 1. The molecule has 0 saturated heterocycles. The second-order valence-electron chi connectivity index (χ2n) is 4.65. The van der Waals surface area contributed by atoms with E-state index in [0.717, 1.165) is 11.1 Å². The monoisotopic (exact) mass is 294 g/mol.